The van der Waals surface area contributed by atoms with Crippen molar-refractivity contribution in [3.05, 3.63) is 12.7 Å². The molecule has 0 unspecified atom stereocenters. The van der Waals surface area contributed by atoms with Crippen LogP contribution < -0.4 is 0 Å². The third-order valence-electron chi connectivity index (χ3n) is 1.95. The summed E-state index contributed by atoms with van der Waals surface area (Å²) in [5.74, 6) is 0. The number of ether oxygens (including phenoxy) is 1. The van der Waals surface area contributed by atoms with E-state index in [0.717, 1.165) is 0 Å². The first-order valence-electron chi connectivity index (χ1n) is 4.72. The van der Waals surface area contributed by atoms with Crippen molar-refractivity contribution < 1.29 is 35.3 Å². The molecule has 7 nitrogen and oxygen atoms in total. The molecule has 0 aliphatic carbocycles. The maximum atomic E-state index is 9.53. The molecule has 0 aromatic heterocycles. The first-order chi connectivity index (χ1) is 7.58. The third kappa shape index (κ3) is 4.99. The average molecular weight is 238 g/mol. The van der Waals surface area contributed by atoms with Crippen LogP contribution in [0.1, 0.15) is 0 Å². The lowest BCUT2D eigenvalue weighted by Gasteiger charge is -2.28. The maximum absolute atomic E-state index is 9.53. The Labute approximate surface area is 93.1 Å². The number of hydrogen-bond donors (Lipinski definition) is 5. The summed E-state index contributed by atoms with van der Waals surface area (Å²) in [4.78, 5) is 3.72. The van der Waals surface area contributed by atoms with Gasteiger partial charge in [-0.25, -0.2) is 4.89 Å². The molecule has 0 aromatic rings. The summed E-state index contributed by atoms with van der Waals surface area (Å²) in [6.45, 7) is 2.24. The highest BCUT2D eigenvalue weighted by atomic mass is 17.1. The molecule has 96 valence electrons. The largest absolute Gasteiger partial charge is 0.394 e. The fourth-order valence-corrected chi connectivity index (χ4v) is 1.11. The van der Waals surface area contributed by atoms with Crippen molar-refractivity contribution in [3.8, 4) is 0 Å². The van der Waals surface area contributed by atoms with Crippen molar-refractivity contribution in [1.29, 1.82) is 0 Å². The van der Waals surface area contributed by atoms with Crippen molar-refractivity contribution in [1.82, 2.24) is 0 Å². The molecule has 0 radical (unpaired) electrons. The van der Waals surface area contributed by atoms with E-state index < -0.39 is 37.6 Å². The summed E-state index contributed by atoms with van der Waals surface area (Å²) >= 11 is 0. The van der Waals surface area contributed by atoms with Crippen LogP contribution in [-0.2, 0) is 9.62 Å². The SMILES string of the molecule is C=CCO[C@@H]([C@H](O)[C@H](O)CO)[C@@H](O)COO. The fourth-order valence-electron chi connectivity index (χ4n) is 1.11. The van der Waals surface area contributed by atoms with Crippen LogP contribution >= 0.6 is 0 Å². The van der Waals surface area contributed by atoms with Crippen molar-refractivity contribution in [2.75, 3.05) is 19.8 Å². The zero-order chi connectivity index (χ0) is 12.6. The lowest BCUT2D eigenvalue weighted by molar-refractivity contribution is -0.270. The molecule has 0 spiro atoms. The summed E-state index contributed by atoms with van der Waals surface area (Å²) in [6.07, 6.45) is -4.12. The van der Waals surface area contributed by atoms with E-state index in [-0.39, 0.29) is 6.61 Å². The summed E-state index contributed by atoms with van der Waals surface area (Å²) in [5, 5.41) is 45.0. The van der Waals surface area contributed by atoms with Gasteiger partial charge in [0.15, 0.2) is 0 Å². The molecule has 0 aromatic carbocycles. The zero-order valence-corrected chi connectivity index (χ0v) is 8.77. The Hall–Kier alpha value is -0.540. The monoisotopic (exact) mass is 238 g/mol. The smallest absolute Gasteiger partial charge is 0.115 e. The second-order valence-electron chi connectivity index (χ2n) is 3.19. The molecular weight excluding hydrogens is 220 g/mol. The molecule has 0 bridgehead atoms. The molecule has 4 atom stereocenters. The molecule has 0 rings (SSSR count). The van der Waals surface area contributed by atoms with Gasteiger partial charge in [0, 0.05) is 0 Å². The number of rotatable bonds is 9. The first-order valence-corrected chi connectivity index (χ1v) is 4.72. The van der Waals surface area contributed by atoms with Gasteiger partial charge in [-0.2, -0.15) is 0 Å². The molecule has 0 saturated carbocycles. The Balaban J connectivity index is 4.43. The topological polar surface area (TPSA) is 120 Å². The van der Waals surface area contributed by atoms with Crippen molar-refractivity contribution in [3.63, 3.8) is 0 Å². The molecule has 7 heteroatoms. The van der Waals surface area contributed by atoms with Crippen molar-refractivity contribution >= 4 is 0 Å². The van der Waals surface area contributed by atoms with Gasteiger partial charge < -0.3 is 25.2 Å². The van der Waals surface area contributed by atoms with Crippen LogP contribution in [0.3, 0.4) is 0 Å². The lowest BCUT2D eigenvalue weighted by Crippen LogP contribution is -2.48. The molecule has 0 saturated heterocycles. The fraction of sp³-hybridized carbons (Fsp3) is 0.778. The van der Waals surface area contributed by atoms with E-state index in [2.05, 4.69) is 11.5 Å². The average Bonchev–Trinajstić information content (AvgIpc) is 2.28. The van der Waals surface area contributed by atoms with E-state index in [9.17, 15) is 15.3 Å². The Morgan fingerprint density at radius 1 is 1.19 bits per heavy atom. The quantitative estimate of drug-likeness (QED) is 0.181. The highest BCUT2D eigenvalue weighted by Gasteiger charge is 2.32. The molecule has 0 amide bonds. The second kappa shape index (κ2) is 8.59. The third-order valence-corrected chi connectivity index (χ3v) is 1.95. The van der Waals surface area contributed by atoms with E-state index in [4.69, 9.17) is 15.1 Å². The van der Waals surface area contributed by atoms with E-state index in [0.29, 0.717) is 0 Å². The van der Waals surface area contributed by atoms with Gasteiger partial charge in [0.2, 0.25) is 0 Å². The second-order valence-corrected chi connectivity index (χ2v) is 3.19. The van der Waals surface area contributed by atoms with Crippen LogP contribution in [0.2, 0.25) is 0 Å². The highest BCUT2D eigenvalue weighted by Crippen LogP contribution is 2.10. The van der Waals surface area contributed by atoms with E-state index in [1.165, 1.54) is 6.08 Å². The summed E-state index contributed by atoms with van der Waals surface area (Å²) in [6, 6.07) is 0. The van der Waals surface area contributed by atoms with Crippen LogP contribution in [0.4, 0.5) is 0 Å². The minimum absolute atomic E-state index is 0.0301. The first kappa shape index (κ1) is 15.5. The lowest BCUT2D eigenvalue weighted by atomic mass is 10.0. The molecule has 0 aliphatic rings. The van der Waals surface area contributed by atoms with Crippen molar-refractivity contribution in [2.45, 2.75) is 24.4 Å². The molecule has 0 fully saturated rings. The Morgan fingerprint density at radius 3 is 2.25 bits per heavy atom. The predicted molar refractivity (Wildman–Crippen MR) is 53.6 cm³/mol. The number of hydrogen-bond acceptors (Lipinski definition) is 7. The Morgan fingerprint density at radius 2 is 1.81 bits per heavy atom. The highest BCUT2D eigenvalue weighted by molar-refractivity contribution is 4.83. The van der Waals surface area contributed by atoms with Gasteiger partial charge in [-0.1, -0.05) is 6.08 Å². The van der Waals surface area contributed by atoms with Gasteiger partial charge in [0.1, 0.15) is 31.0 Å². The Bertz CT molecular complexity index is 187. The summed E-state index contributed by atoms with van der Waals surface area (Å²) < 4.78 is 5.01. The number of aliphatic hydroxyl groups is 4. The minimum atomic E-state index is -1.50. The van der Waals surface area contributed by atoms with E-state index in [1.807, 2.05) is 0 Å². The predicted octanol–water partition coefficient (Wildman–Crippen LogP) is -1.88. The van der Waals surface area contributed by atoms with Crippen LogP contribution in [0.5, 0.6) is 0 Å². The van der Waals surface area contributed by atoms with Crippen LogP contribution in [0.25, 0.3) is 0 Å². The van der Waals surface area contributed by atoms with Gasteiger partial charge in [0.25, 0.3) is 0 Å². The maximum Gasteiger partial charge on any atom is 0.115 e. The van der Waals surface area contributed by atoms with Gasteiger partial charge in [0.05, 0.1) is 13.2 Å². The van der Waals surface area contributed by atoms with E-state index in [1.54, 1.807) is 0 Å². The molecule has 0 heterocycles. The van der Waals surface area contributed by atoms with Crippen LogP contribution in [0.15, 0.2) is 12.7 Å². The Kier molecular flexibility index (Phi) is 8.30. The van der Waals surface area contributed by atoms with E-state index >= 15 is 0 Å². The molecule has 16 heavy (non-hydrogen) atoms. The van der Waals surface area contributed by atoms with Gasteiger partial charge in [-0.05, 0) is 0 Å². The number of aliphatic hydroxyl groups excluding tert-OH is 4. The zero-order valence-electron chi connectivity index (χ0n) is 8.77. The van der Waals surface area contributed by atoms with Gasteiger partial charge in [-0.3, -0.25) is 5.26 Å². The normalized spacial score (nSPS) is 18.8. The van der Waals surface area contributed by atoms with Crippen molar-refractivity contribution in [2.24, 2.45) is 0 Å². The van der Waals surface area contributed by atoms with Gasteiger partial charge >= 0.3 is 0 Å². The summed E-state index contributed by atoms with van der Waals surface area (Å²) in [5.41, 5.74) is 0. The van der Waals surface area contributed by atoms with Crippen LogP contribution in [-0.4, -0.2) is 69.9 Å². The molecular formula is C9H18O7. The molecule has 0 aliphatic heterocycles. The van der Waals surface area contributed by atoms with Gasteiger partial charge in [-0.15, -0.1) is 6.58 Å². The standard InChI is InChI=1S/C9H18O7/c1-2-3-15-9(7(12)5-16-14)8(13)6(11)4-10/h2,6-14H,1,3-5H2/t6-,7+,8-,9-/m1/s1. The minimum Gasteiger partial charge on any atom is -0.394 e. The van der Waals surface area contributed by atoms with Crippen LogP contribution in [0, 0.1) is 0 Å². The summed E-state index contributed by atoms with van der Waals surface area (Å²) in [7, 11) is 0. The molecule has 5 N–H and O–H groups in total.